The number of hydrogen-bond donors (Lipinski definition) is 2. The van der Waals surface area contributed by atoms with Crippen LogP contribution in [0.5, 0.6) is 0 Å². The molecule has 4 heteroatoms. The van der Waals surface area contributed by atoms with Gasteiger partial charge in [-0.25, -0.2) is 0 Å². The van der Waals surface area contributed by atoms with Gasteiger partial charge in [-0.15, -0.1) is 0 Å². The summed E-state index contributed by atoms with van der Waals surface area (Å²) in [4.78, 5) is 12.3. The molecule has 1 amide bonds. The normalized spacial score (nSPS) is 20.5. The molecular formula is C6H12N2O2. The van der Waals surface area contributed by atoms with Gasteiger partial charge in [0.1, 0.15) is 0 Å². The monoisotopic (exact) mass is 144 g/mol. The fraction of sp³-hybridized carbons (Fsp3) is 0.833. The van der Waals surface area contributed by atoms with Gasteiger partial charge in [0.05, 0.1) is 6.10 Å². The molecule has 0 bridgehead atoms. The van der Waals surface area contributed by atoms with Gasteiger partial charge in [0.15, 0.2) is 0 Å². The van der Waals surface area contributed by atoms with E-state index in [1.165, 1.54) is 0 Å². The van der Waals surface area contributed by atoms with Crippen molar-refractivity contribution in [2.24, 2.45) is 5.73 Å². The molecule has 0 aromatic rings. The van der Waals surface area contributed by atoms with Crippen LogP contribution in [0.2, 0.25) is 0 Å². The number of amides is 1. The Kier molecular flexibility index (Phi) is 2.24. The van der Waals surface area contributed by atoms with E-state index >= 15 is 0 Å². The highest BCUT2D eigenvalue weighted by Gasteiger charge is 2.23. The molecule has 1 aliphatic heterocycles. The maximum absolute atomic E-state index is 10.3. The van der Waals surface area contributed by atoms with E-state index in [1.54, 1.807) is 0 Å². The van der Waals surface area contributed by atoms with Gasteiger partial charge in [0.25, 0.3) is 0 Å². The second-order valence-corrected chi connectivity index (χ2v) is 2.63. The Balaban J connectivity index is 2.00. The minimum atomic E-state index is -0.276. The first-order valence-corrected chi connectivity index (χ1v) is 3.37. The smallest absolute Gasteiger partial charge is 0.218 e. The molecule has 3 N–H and O–H groups in total. The second kappa shape index (κ2) is 2.98. The van der Waals surface area contributed by atoms with Crippen LogP contribution in [-0.2, 0) is 4.79 Å². The molecule has 0 aromatic carbocycles. The molecule has 0 aromatic heterocycles. The van der Waals surface area contributed by atoms with Gasteiger partial charge >= 0.3 is 0 Å². The zero-order valence-electron chi connectivity index (χ0n) is 5.79. The van der Waals surface area contributed by atoms with E-state index < -0.39 is 0 Å². The van der Waals surface area contributed by atoms with Gasteiger partial charge in [0, 0.05) is 26.1 Å². The lowest BCUT2D eigenvalue weighted by molar-refractivity contribution is -0.119. The van der Waals surface area contributed by atoms with Crippen LogP contribution in [-0.4, -0.2) is 41.7 Å². The third kappa shape index (κ3) is 1.97. The molecule has 1 saturated heterocycles. The number of carbonyl (C=O) groups excluding carboxylic acids is 1. The predicted octanol–water partition coefficient (Wildman–Crippen LogP) is -1.46. The molecule has 10 heavy (non-hydrogen) atoms. The van der Waals surface area contributed by atoms with Crippen LogP contribution in [0.15, 0.2) is 0 Å². The van der Waals surface area contributed by atoms with Crippen molar-refractivity contribution < 1.29 is 9.90 Å². The van der Waals surface area contributed by atoms with Gasteiger partial charge < -0.3 is 10.8 Å². The zero-order chi connectivity index (χ0) is 7.56. The average molecular weight is 144 g/mol. The van der Waals surface area contributed by atoms with Gasteiger partial charge in [-0.2, -0.15) is 0 Å². The summed E-state index contributed by atoms with van der Waals surface area (Å²) in [6.07, 6.45) is 0.208. The fourth-order valence-corrected chi connectivity index (χ4v) is 0.993. The van der Waals surface area contributed by atoms with Crippen molar-refractivity contribution >= 4 is 5.91 Å². The standard InChI is InChI=1S/C6H12N2O2/c7-6(10)1-2-8-3-5(9)4-8/h5,9H,1-4H2,(H2,7,10). The molecule has 1 fully saturated rings. The van der Waals surface area contributed by atoms with E-state index in [0.29, 0.717) is 26.1 Å². The number of aliphatic hydroxyl groups is 1. The van der Waals surface area contributed by atoms with Crippen LogP contribution in [0.25, 0.3) is 0 Å². The summed E-state index contributed by atoms with van der Waals surface area (Å²) in [5.41, 5.74) is 4.93. The predicted molar refractivity (Wildman–Crippen MR) is 36.3 cm³/mol. The maximum Gasteiger partial charge on any atom is 0.218 e. The van der Waals surface area contributed by atoms with Gasteiger partial charge in [0.2, 0.25) is 5.91 Å². The highest BCUT2D eigenvalue weighted by atomic mass is 16.3. The summed E-state index contributed by atoms with van der Waals surface area (Å²) in [5, 5.41) is 8.83. The Labute approximate surface area is 59.6 Å². The summed E-state index contributed by atoms with van der Waals surface area (Å²) in [5.74, 6) is -0.276. The second-order valence-electron chi connectivity index (χ2n) is 2.63. The molecule has 0 atom stereocenters. The Bertz CT molecular complexity index is 132. The fourth-order valence-electron chi connectivity index (χ4n) is 0.993. The highest BCUT2D eigenvalue weighted by Crippen LogP contribution is 2.06. The van der Waals surface area contributed by atoms with Crippen molar-refractivity contribution in [1.82, 2.24) is 4.90 Å². The molecule has 0 aliphatic carbocycles. The quantitative estimate of drug-likeness (QED) is 0.508. The number of likely N-dealkylation sites (tertiary alicyclic amines) is 1. The average Bonchev–Trinajstić information content (AvgIpc) is 1.77. The van der Waals surface area contributed by atoms with Crippen molar-refractivity contribution in [3.05, 3.63) is 0 Å². The third-order valence-electron chi connectivity index (χ3n) is 1.61. The SMILES string of the molecule is NC(=O)CCN1CC(O)C1. The topological polar surface area (TPSA) is 66.6 Å². The number of rotatable bonds is 3. The molecule has 1 heterocycles. The molecule has 0 saturated carbocycles. The Morgan fingerprint density at radius 1 is 1.70 bits per heavy atom. The van der Waals surface area contributed by atoms with Crippen LogP contribution >= 0.6 is 0 Å². The van der Waals surface area contributed by atoms with Crippen molar-refractivity contribution in [2.45, 2.75) is 12.5 Å². The first-order chi connectivity index (χ1) is 4.68. The zero-order valence-corrected chi connectivity index (χ0v) is 5.79. The number of aliphatic hydroxyl groups excluding tert-OH is 1. The summed E-state index contributed by atoms with van der Waals surface area (Å²) in [7, 11) is 0. The lowest BCUT2D eigenvalue weighted by atomic mass is 10.1. The van der Waals surface area contributed by atoms with Crippen molar-refractivity contribution in [3.63, 3.8) is 0 Å². The van der Waals surface area contributed by atoms with Crippen molar-refractivity contribution in [2.75, 3.05) is 19.6 Å². The first-order valence-electron chi connectivity index (χ1n) is 3.37. The summed E-state index contributed by atoms with van der Waals surface area (Å²) in [6, 6.07) is 0. The van der Waals surface area contributed by atoms with Crippen LogP contribution in [0.4, 0.5) is 0 Å². The minimum absolute atomic E-state index is 0.187. The number of nitrogens with zero attached hydrogens (tertiary/aromatic N) is 1. The third-order valence-corrected chi connectivity index (χ3v) is 1.61. The molecule has 4 nitrogen and oxygen atoms in total. The molecule has 0 unspecified atom stereocenters. The number of nitrogens with two attached hydrogens (primary N) is 1. The maximum atomic E-state index is 10.3. The minimum Gasteiger partial charge on any atom is -0.390 e. The van der Waals surface area contributed by atoms with Crippen molar-refractivity contribution in [1.29, 1.82) is 0 Å². The number of β-amino-alcohol motifs (C(OH)–C–C–N with tert-alkyl or cyclic N) is 1. The van der Waals surface area contributed by atoms with E-state index in [2.05, 4.69) is 0 Å². The molecule has 0 spiro atoms. The Morgan fingerprint density at radius 2 is 2.30 bits per heavy atom. The molecule has 0 radical (unpaired) electrons. The number of primary amides is 1. The lowest BCUT2D eigenvalue weighted by Gasteiger charge is -2.35. The first kappa shape index (κ1) is 7.50. The van der Waals surface area contributed by atoms with E-state index in [1.807, 2.05) is 4.90 Å². The van der Waals surface area contributed by atoms with E-state index in [-0.39, 0.29) is 12.0 Å². The summed E-state index contributed by atoms with van der Waals surface area (Å²) < 4.78 is 0. The van der Waals surface area contributed by atoms with Crippen LogP contribution in [0, 0.1) is 0 Å². The highest BCUT2D eigenvalue weighted by molar-refractivity contribution is 5.73. The Hall–Kier alpha value is -0.610. The number of hydrogen-bond acceptors (Lipinski definition) is 3. The summed E-state index contributed by atoms with van der Waals surface area (Å²) >= 11 is 0. The number of carbonyl (C=O) groups is 1. The summed E-state index contributed by atoms with van der Waals surface area (Å²) in [6.45, 7) is 2.06. The molecule has 58 valence electrons. The van der Waals surface area contributed by atoms with Crippen LogP contribution in [0.1, 0.15) is 6.42 Å². The largest absolute Gasteiger partial charge is 0.390 e. The van der Waals surface area contributed by atoms with Crippen LogP contribution < -0.4 is 5.73 Å². The van der Waals surface area contributed by atoms with Crippen molar-refractivity contribution in [3.8, 4) is 0 Å². The van der Waals surface area contributed by atoms with Gasteiger partial charge in [-0.1, -0.05) is 0 Å². The van der Waals surface area contributed by atoms with E-state index in [0.717, 1.165) is 0 Å². The molecule has 1 rings (SSSR count). The van der Waals surface area contributed by atoms with E-state index in [9.17, 15) is 4.79 Å². The molecular weight excluding hydrogens is 132 g/mol. The van der Waals surface area contributed by atoms with E-state index in [4.69, 9.17) is 10.8 Å². The lowest BCUT2D eigenvalue weighted by Crippen LogP contribution is -2.51. The Morgan fingerprint density at radius 3 is 2.70 bits per heavy atom. The van der Waals surface area contributed by atoms with Crippen LogP contribution in [0.3, 0.4) is 0 Å². The van der Waals surface area contributed by atoms with Gasteiger partial charge in [-0.05, 0) is 0 Å². The molecule has 1 aliphatic rings. The van der Waals surface area contributed by atoms with Gasteiger partial charge in [-0.3, -0.25) is 9.69 Å².